The van der Waals surface area contributed by atoms with Crippen molar-refractivity contribution in [3.63, 3.8) is 0 Å². The van der Waals surface area contributed by atoms with Crippen molar-refractivity contribution in [1.29, 1.82) is 0 Å². The molecule has 2 heterocycles. The minimum atomic E-state index is -0.327. The summed E-state index contributed by atoms with van der Waals surface area (Å²) in [6.07, 6.45) is 3.04. The van der Waals surface area contributed by atoms with E-state index in [1.54, 1.807) is 0 Å². The highest BCUT2D eigenvalue weighted by molar-refractivity contribution is 5.02. The molecule has 6 heteroatoms. The van der Waals surface area contributed by atoms with E-state index in [-0.39, 0.29) is 18.1 Å². The van der Waals surface area contributed by atoms with Gasteiger partial charge < -0.3 is 19.7 Å². The fourth-order valence-electron chi connectivity index (χ4n) is 2.31. The number of aromatic nitrogens is 2. The van der Waals surface area contributed by atoms with E-state index in [9.17, 15) is 0 Å². The number of nitrogens with zero attached hydrogens (tertiary/aromatic N) is 2. The van der Waals surface area contributed by atoms with Gasteiger partial charge in [-0.1, -0.05) is 19.0 Å². The van der Waals surface area contributed by atoms with Crippen LogP contribution in [-0.2, 0) is 9.47 Å². The van der Waals surface area contributed by atoms with E-state index in [2.05, 4.69) is 24.0 Å². The fourth-order valence-corrected chi connectivity index (χ4v) is 2.31. The normalized spacial score (nSPS) is 24.8. The minimum absolute atomic E-state index is 0.181. The third kappa shape index (κ3) is 3.52. The molecule has 19 heavy (non-hydrogen) atoms. The van der Waals surface area contributed by atoms with E-state index in [0.717, 1.165) is 25.9 Å². The number of ether oxygens (including phenoxy) is 2. The molecule has 1 saturated heterocycles. The number of hydrogen-bond donors (Lipinski definition) is 1. The van der Waals surface area contributed by atoms with Crippen molar-refractivity contribution in [2.45, 2.75) is 51.2 Å². The Bertz CT molecular complexity index is 383. The number of hydrogen-bond acceptors (Lipinski definition) is 6. The van der Waals surface area contributed by atoms with Gasteiger partial charge in [-0.2, -0.15) is 4.98 Å². The van der Waals surface area contributed by atoms with Gasteiger partial charge in [0.15, 0.2) is 5.82 Å². The molecule has 2 rings (SSSR count). The van der Waals surface area contributed by atoms with Gasteiger partial charge >= 0.3 is 0 Å². The van der Waals surface area contributed by atoms with Crippen molar-refractivity contribution in [2.24, 2.45) is 5.73 Å². The molecule has 1 aliphatic rings. The van der Waals surface area contributed by atoms with Gasteiger partial charge in [-0.3, -0.25) is 0 Å². The van der Waals surface area contributed by atoms with Gasteiger partial charge in [-0.05, 0) is 19.3 Å². The highest BCUT2D eigenvalue weighted by Crippen LogP contribution is 2.32. The molecule has 1 aromatic rings. The summed E-state index contributed by atoms with van der Waals surface area (Å²) < 4.78 is 16.4. The SMILES string of the molecule is CCCOCC(N)c1noc(C2CCOC2CC)n1. The quantitative estimate of drug-likeness (QED) is 0.760. The van der Waals surface area contributed by atoms with Crippen LogP contribution < -0.4 is 5.73 Å². The first-order chi connectivity index (χ1) is 9.26. The molecule has 6 nitrogen and oxygen atoms in total. The van der Waals surface area contributed by atoms with E-state index < -0.39 is 0 Å². The highest BCUT2D eigenvalue weighted by Gasteiger charge is 2.33. The lowest BCUT2D eigenvalue weighted by molar-refractivity contribution is 0.0952. The Morgan fingerprint density at radius 2 is 2.32 bits per heavy atom. The first kappa shape index (κ1) is 14.4. The Balaban J connectivity index is 1.94. The van der Waals surface area contributed by atoms with Crippen molar-refractivity contribution in [2.75, 3.05) is 19.8 Å². The summed E-state index contributed by atoms with van der Waals surface area (Å²) in [6, 6.07) is -0.327. The molecule has 0 saturated carbocycles. The van der Waals surface area contributed by atoms with E-state index in [1.165, 1.54) is 0 Å². The maximum atomic E-state index is 5.97. The second kappa shape index (κ2) is 6.98. The second-order valence-electron chi connectivity index (χ2n) is 4.88. The van der Waals surface area contributed by atoms with Crippen LogP contribution in [0.3, 0.4) is 0 Å². The number of nitrogens with two attached hydrogens (primary N) is 1. The van der Waals surface area contributed by atoms with E-state index >= 15 is 0 Å². The van der Waals surface area contributed by atoms with Gasteiger partial charge in [0, 0.05) is 13.2 Å². The van der Waals surface area contributed by atoms with Gasteiger partial charge in [0.2, 0.25) is 5.89 Å². The van der Waals surface area contributed by atoms with Gasteiger partial charge in [0.25, 0.3) is 0 Å². The fraction of sp³-hybridized carbons (Fsp3) is 0.846. The Kier molecular flexibility index (Phi) is 5.30. The third-order valence-electron chi connectivity index (χ3n) is 3.36. The van der Waals surface area contributed by atoms with Crippen molar-refractivity contribution < 1.29 is 14.0 Å². The van der Waals surface area contributed by atoms with Gasteiger partial charge in [-0.15, -0.1) is 0 Å². The average molecular weight is 269 g/mol. The van der Waals surface area contributed by atoms with Gasteiger partial charge in [0.05, 0.1) is 24.7 Å². The van der Waals surface area contributed by atoms with Crippen molar-refractivity contribution in [3.8, 4) is 0 Å². The van der Waals surface area contributed by atoms with Crippen LogP contribution in [0, 0.1) is 0 Å². The Morgan fingerprint density at radius 1 is 1.47 bits per heavy atom. The summed E-state index contributed by atoms with van der Waals surface area (Å²) in [5.41, 5.74) is 5.97. The molecule has 0 spiro atoms. The standard InChI is InChI=1S/C13H23N3O3/c1-3-6-17-8-10(14)12-15-13(19-16-12)9-5-7-18-11(9)4-2/h9-11H,3-8,14H2,1-2H3. The zero-order valence-electron chi connectivity index (χ0n) is 11.7. The number of rotatable bonds is 7. The molecular weight excluding hydrogens is 246 g/mol. The molecule has 0 bridgehead atoms. The first-order valence-electron chi connectivity index (χ1n) is 7.04. The topological polar surface area (TPSA) is 83.4 Å². The predicted molar refractivity (Wildman–Crippen MR) is 69.7 cm³/mol. The molecule has 3 unspecified atom stereocenters. The van der Waals surface area contributed by atoms with Crippen LogP contribution >= 0.6 is 0 Å². The summed E-state index contributed by atoms with van der Waals surface area (Å²) in [5, 5.41) is 3.96. The summed E-state index contributed by atoms with van der Waals surface area (Å²) in [4.78, 5) is 4.41. The summed E-state index contributed by atoms with van der Waals surface area (Å²) in [5.74, 6) is 1.37. The molecule has 108 valence electrons. The lowest BCUT2D eigenvalue weighted by Gasteiger charge is -2.12. The molecule has 1 aromatic heterocycles. The van der Waals surface area contributed by atoms with E-state index in [0.29, 0.717) is 24.9 Å². The molecule has 1 fully saturated rings. The second-order valence-corrected chi connectivity index (χ2v) is 4.88. The molecule has 3 atom stereocenters. The van der Waals surface area contributed by atoms with Crippen LogP contribution in [-0.4, -0.2) is 36.1 Å². The van der Waals surface area contributed by atoms with Gasteiger partial charge in [-0.25, -0.2) is 0 Å². The maximum Gasteiger partial charge on any atom is 0.232 e. The Hall–Kier alpha value is -0.980. The maximum absolute atomic E-state index is 5.97. The lowest BCUT2D eigenvalue weighted by Crippen LogP contribution is -2.19. The van der Waals surface area contributed by atoms with Crippen LogP contribution in [0.25, 0.3) is 0 Å². The van der Waals surface area contributed by atoms with Crippen LogP contribution in [0.15, 0.2) is 4.52 Å². The summed E-state index contributed by atoms with van der Waals surface area (Å²) in [6.45, 7) is 6.04. The molecule has 1 aliphatic heterocycles. The van der Waals surface area contributed by atoms with Crippen molar-refractivity contribution in [1.82, 2.24) is 10.1 Å². The van der Waals surface area contributed by atoms with Crippen LogP contribution in [0.4, 0.5) is 0 Å². The van der Waals surface area contributed by atoms with Crippen molar-refractivity contribution >= 4 is 0 Å². The van der Waals surface area contributed by atoms with Crippen LogP contribution in [0.5, 0.6) is 0 Å². The monoisotopic (exact) mass is 269 g/mol. The largest absolute Gasteiger partial charge is 0.379 e. The summed E-state index contributed by atoms with van der Waals surface area (Å²) in [7, 11) is 0. The summed E-state index contributed by atoms with van der Waals surface area (Å²) >= 11 is 0. The minimum Gasteiger partial charge on any atom is -0.379 e. The third-order valence-corrected chi connectivity index (χ3v) is 3.36. The molecule has 0 aromatic carbocycles. The van der Waals surface area contributed by atoms with Crippen LogP contribution in [0.2, 0.25) is 0 Å². The predicted octanol–water partition coefficient (Wildman–Crippen LogP) is 1.78. The first-order valence-corrected chi connectivity index (χ1v) is 7.04. The zero-order chi connectivity index (χ0) is 13.7. The Morgan fingerprint density at radius 3 is 3.05 bits per heavy atom. The van der Waals surface area contributed by atoms with E-state index in [4.69, 9.17) is 19.7 Å². The molecule has 0 amide bonds. The lowest BCUT2D eigenvalue weighted by atomic mass is 10.00. The molecule has 0 aliphatic carbocycles. The average Bonchev–Trinajstić information content (AvgIpc) is 3.07. The zero-order valence-corrected chi connectivity index (χ0v) is 11.7. The van der Waals surface area contributed by atoms with Crippen molar-refractivity contribution in [3.05, 3.63) is 11.7 Å². The molecule has 0 radical (unpaired) electrons. The van der Waals surface area contributed by atoms with Gasteiger partial charge in [0.1, 0.15) is 0 Å². The Labute approximate surface area is 113 Å². The molecular formula is C13H23N3O3. The highest BCUT2D eigenvalue weighted by atomic mass is 16.5. The molecule has 2 N–H and O–H groups in total. The van der Waals surface area contributed by atoms with Crippen LogP contribution in [0.1, 0.15) is 56.8 Å². The van der Waals surface area contributed by atoms with E-state index in [1.807, 2.05) is 0 Å². The smallest absolute Gasteiger partial charge is 0.232 e.